The molecule has 106 valence electrons. The Bertz CT molecular complexity index is 434. The van der Waals surface area contributed by atoms with Crippen LogP contribution in [0.25, 0.3) is 0 Å². The van der Waals surface area contributed by atoms with Crippen molar-refractivity contribution >= 4 is 5.69 Å². The third kappa shape index (κ3) is 2.93. The van der Waals surface area contributed by atoms with Gasteiger partial charge in [-0.15, -0.1) is 0 Å². The van der Waals surface area contributed by atoms with Crippen LogP contribution >= 0.6 is 0 Å². The van der Waals surface area contributed by atoms with Gasteiger partial charge in [0.15, 0.2) is 0 Å². The minimum Gasteiger partial charge on any atom is -0.394 e. The molecule has 1 aromatic rings. The Kier molecular flexibility index (Phi) is 4.16. The predicted molar refractivity (Wildman–Crippen MR) is 80.7 cm³/mol. The zero-order valence-corrected chi connectivity index (χ0v) is 12.3. The molecule has 1 aliphatic rings. The van der Waals surface area contributed by atoms with Crippen LogP contribution in [0.3, 0.4) is 0 Å². The smallest absolute Gasteiger partial charge is 0.0612 e. The van der Waals surface area contributed by atoms with Crippen molar-refractivity contribution in [3.63, 3.8) is 0 Å². The molecule has 1 aliphatic heterocycles. The Morgan fingerprint density at radius 3 is 2.47 bits per heavy atom. The third-order valence-corrected chi connectivity index (χ3v) is 4.28. The fourth-order valence-electron chi connectivity index (χ4n) is 2.91. The van der Waals surface area contributed by atoms with E-state index in [-0.39, 0.29) is 12.1 Å². The maximum absolute atomic E-state index is 9.36. The lowest BCUT2D eigenvalue weighted by molar-refractivity contribution is 0.170. The van der Waals surface area contributed by atoms with Crippen molar-refractivity contribution in [3.05, 3.63) is 29.3 Å². The number of aryl methyl sites for hydroxylation is 1. The molecule has 0 bridgehead atoms. The summed E-state index contributed by atoms with van der Waals surface area (Å²) in [5, 5.41) is 9.36. The van der Waals surface area contributed by atoms with Gasteiger partial charge in [-0.3, -0.25) is 0 Å². The van der Waals surface area contributed by atoms with Crippen LogP contribution in [-0.4, -0.2) is 30.3 Å². The Balaban J connectivity index is 2.24. The Labute approximate surface area is 116 Å². The van der Waals surface area contributed by atoms with Crippen LogP contribution < -0.4 is 10.6 Å². The number of nitrogens with two attached hydrogens (primary N) is 1. The van der Waals surface area contributed by atoms with Gasteiger partial charge in [0.1, 0.15) is 0 Å². The number of hydrogen-bond acceptors (Lipinski definition) is 3. The van der Waals surface area contributed by atoms with E-state index in [1.807, 2.05) is 0 Å². The van der Waals surface area contributed by atoms with Gasteiger partial charge in [0.05, 0.1) is 6.61 Å². The quantitative estimate of drug-likeness (QED) is 0.879. The highest BCUT2D eigenvalue weighted by molar-refractivity contribution is 5.60. The summed E-state index contributed by atoms with van der Waals surface area (Å²) in [6.07, 6.45) is 1.71. The molecule has 3 heteroatoms. The van der Waals surface area contributed by atoms with Crippen molar-refractivity contribution in [2.75, 3.05) is 24.6 Å². The summed E-state index contributed by atoms with van der Waals surface area (Å²) in [6, 6.07) is 6.54. The standard InChI is InChI=1S/C16H26N2O/c1-12(2)14-6-4-5-13(3)15(14)18-9-7-16(17,11-19)8-10-18/h4-6,12,19H,7-11,17H2,1-3H3. The lowest BCUT2D eigenvalue weighted by Gasteiger charge is -2.40. The molecule has 2 rings (SSSR count). The zero-order chi connectivity index (χ0) is 14.0. The summed E-state index contributed by atoms with van der Waals surface area (Å²) in [5.74, 6) is 0.525. The van der Waals surface area contributed by atoms with E-state index in [0.717, 1.165) is 25.9 Å². The van der Waals surface area contributed by atoms with Gasteiger partial charge in [-0.05, 0) is 36.8 Å². The lowest BCUT2D eigenvalue weighted by Crippen LogP contribution is -2.53. The maximum atomic E-state index is 9.36. The van der Waals surface area contributed by atoms with Gasteiger partial charge in [0.25, 0.3) is 0 Å². The third-order valence-electron chi connectivity index (χ3n) is 4.28. The van der Waals surface area contributed by atoms with Crippen LogP contribution in [-0.2, 0) is 0 Å². The van der Waals surface area contributed by atoms with Gasteiger partial charge in [-0.25, -0.2) is 0 Å². The largest absolute Gasteiger partial charge is 0.394 e. The first kappa shape index (κ1) is 14.4. The van der Waals surface area contributed by atoms with E-state index in [0.29, 0.717) is 5.92 Å². The Hall–Kier alpha value is -1.06. The normalized spacial score (nSPS) is 18.9. The van der Waals surface area contributed by atoms with Crippen LogP contribution in [0, 0.1) is 6.92 Å². The SMILES string of the molecule is Cc1cccc(C(C)C)c1N1CCC(N)(CO)CC1. The molecular weight excluding hydrogens is 236 g/mol. The molecule has 0 amide bonds. The zero-order valence-electron chi connectivity index (χ0n) is 12.3. The molecule has 0 atom stereocenters. The van der Waals surface area contributed by atoms with Gasteiger partial charge in [0.2, 0.25) is 0 Å². The van der Waals surface area contributed by atoms with E-state index >= 15 is 0 Å². The molecule has 0 spiro atoms. The van der Waals surface area contributed by atoms with Crippen molar-refractivity contribution in [2.45, 2.75) is 45.1 Å². The predicted octanol–water partition coefficient (Wildman–Crippen LogP) is 2.41. The fourth-order valence-corrected chi connectivity index (χ4v) is 2.91. The van der Waals surface area contributed by atoms with Crippen LogP contribution in [0.2, 0.25) is 0 Å². The van der Waals surface area contributed by atoms with Crippen molar-refractivity contribution in [1.29, 1.82) is 0 Å². The van der Waals surface area contributed by atoms with Gasteiger partial charge < -0.3 is 15.7 Å². The Morgan fingerprint density at radius 1 is 1.32 bits per heavy atom. The highest BCUT2D eigenvalue weighted by Crippen LogP contribution is 2.33. The van der Waals surface area contributed by atoms with E-state index in [9.17, 15) is 5.11 Å². The highest BCUT2D eigenvalue weighted by Gasteiger charge is 2.31. The van der Waals surface area contributed by atoms with Crippen LogP contribution in [0.5, 0.6) is 0 Å². The number of anilines is 1. The first-order valence-corrected chi connectivity index (χ1v) is 7.21. The van der Waals surface area contributed by atoms with E-state index in [2.05, 4.69) is 43.9 Å². The summed E-state index contributed by atoms with van der Waals surface area (Å²) >= 11 is 0. The van der Waals surface area contributed by atoms with E-state index < -0.39 is 0 Å². The molecule has 19 heavy (non-hydrogen) atoms. The van der Waals surface area contributed by atoms with Crippen molar-refractivity contribution in [1.82, 2.24) is 0 Å². The number of hydrogen-bond donors (Lipinski definition) is 2. The van der Waals surface area contributed by atoms with E-state index in [1.54, 1.807) is 0 Å². The topological polar surface area (TPSA) is 49.5 Å². The maximum Gasteiger partial charge on any atom is 0.0612 e. The molecule has 1 aromatic carbocycles. The monoisotopic (exact) mass is 262 g/mol. The molecule has 0 aliphatic carbocycles. The molecule has 1 fully saturated rings. The molecule has 1 saturated heterocycles. The molecular formula is C16H26N2O. The van der Waals surface area contributed by atoms with Crippen LogP contribution in [0.15, 0.2) is 18.2 Å². The van der Waals surface area contributed by atoms with E-state index in [4.69, 9.17) is 5.73 Å². The molecule has 0 unspecified atom stereocenters. The molecule has 0 saturated carbocycles. The summed E-state index contributed by atoms with van der Waals surface area (Å²) in [6.45, 7) is 8.61. The molecule has 3 nitrogen and oxygen atoms in total. The van der Waals surface area contributed by atoms with Crippen molar-refractivity contribution in [3.8, 4) is 0 Å². The number of aliphatic hydroxyl groups is 1. The number of nitrogens with zero attached hydrogens (tertiary/aromatic N) is 1. The second kappa shape index (κ2) is 5.51. The average molecular weight is 262 g/mol. The van der Waals surface area contributed by atoms with Gasteiger partial charge in [-0.2, -0.15) is 0 Å². The average Bonchev–Trinajstić information content (AvgIpc) is 2.40. The van der Waals surface area contributed by atoms with Crippen molar-refractivity contribution < 1.29 is 5.11 Å². The summed E-state index contributed by atoms with van der Waals surface area (Å²) in [4.78, 5) is 2.44. The van der Waals surface area contributed by atoms with Crippen LogP contribution in [0.1, 0.15) is 43.7 Å². The number of rotatable bonds is 3. The minimum atomic E-state index is -0.378. The summed E-state index contributed by atoms with van der Waals surface area (Å²) < 4.78 is 0. The number of piperidine rings is 1. The van der Waals surface area contributed by atoms with E-state index in [1.165, 1.54) is 16.8 Å². The second-order valence-corrected chi connectivity index (χ2v) is 6.17. The highest BCUT2D eigenvalue weighted by atomic mass is 16.3. The van der Waals surface area contributed by atoms with Gasteiger partial charge in [-0.1, -0.05) is 32.0 Å². The second-order valence-electron chi connectivity index (χ2n) is 6.17. The molecule has 0 radical (unpaired) electrons. The summed E-state index contributed by atoms with van der Waals surface area (Å²) in [5.41, 5.74) is 9.90. The lowest BCUT2D eigenvalue weighted by atomic mass is 9.88. The Morgan fingerprint density at radius 2 is 1.95 bits per heavy atom. The van der Waals surface area contributed by atoms with Crippen molar-refractivity contribution in [2.24, 2.45) is 5.73 Å². The number of para-hydroxylation sites is 1. The molecule has 1 heterocycles. The summed E-state index contributed by atoms with van der Waals surface area (Å²) in [7, 11) is 0. The molecule has 0 aromatic heterocycles. The first-order chi connectivity index (χ1) is 8.97. The van der Waals surface area contributed by atoms with Crippen LogP contribution in [0.4, 0.5) is 5.69 Å². The molecule has 3 N–H and O–H groups in total. The number of aliphatic hydroxyl groups excluding tert-OH is 1. The number of benzene rings is 1. The fraction of sp³-hybridized carbons (Fsp3) is 0.625. The minimum absolute atomic E-state index is 0.0889. The van der Waals surface area contributed by atoms with Gasteiger partial charge in [0, 0.05) is 24.3 Å². The first-order valence-electron chi connectivity index (χ1n) is 7.21. The van der Waals surface area contributed by atoms with Gasteiger partial charge >= 0.3 is 0 Å².